The molecule has 6 nitrogen and oxygen atoms in total. The third-order valence-electron chi connectivity index (χ3n) is 2.21. The number of carbonyl (C=O) groups is 1. The third-order valence-corrected chi connectivity index (χ3v) is 2.21. The van der Waals surface area contributed by atoms with Crippen LogP contribution in [0, 0.1) is 0 Å². The van der Waals surface area contributed by atoms with Crippen molar-refractivity contribution >= 4 is 17.5 Å². The maximum Gasteiger partial charge on any atom is 0.416 e. The second kappa shape index (κ2) is 6.94. The Morgan fingerprint density at radius 1 is 1.40 bits per heavy atom. The number of anilines is 2. The smallest absolute Gasteiger partial charge is 0.373 e. The van der Waals surface area contributed by atoms with Gasteiger partial charge in [-0.3, -0.25) is 4.79 Å². The van der Waals surface area contributed by atoms with Gasteiger partial charge in [0.15, 0.2) is 0 Å². The van der Waals surface area contributed by atoms with Gasteiger partial charge in [-0.1, -0.05) is 0 Å². The topological polar surface area (TPSA) is 89.3 Å². The first kappa shape index (κ1) is 16.0. The number of ether oxygens (including phenoxy) is 1. The number of aromatic nitrogens is 1. The molecule has 1 heterocycles. The maximum atomic E-state index is 12.7. The summed E-state index contributed by atoms with van der Waals surface area (Å²) < 4.78 is 42.8. The number of primary amides is 1. The minimum Gasteiger partial charge on any atom is -0.373 e. The summed E-state index contributed by atoms with van der Waals surface area (Å²) in [6.45, 7) is 0.0833. The summed E-state index contributed by atoms with van der Waals surface area (Å²) in [7, 11) is 1.47. The summed E-state index contributed by atoms with van der Waals surface area (Å²) in [6, 6.07) is 1.81. The number of rotatable bonds is 7. The molecule has 0 aromatic carbocycles. The molecule has 0 aliphatic heterocycles. The predicted octanol–water partition coefficient (Wildman–Crippen LogP) is 1.06. The van der Waals surface area contributed by atoms with Crippen molar-refractivity contribution in [1.82, 2.24) is 4.98 Å². The molecule has 0 fully saturated rings. The van der Waals surface area contributed by atoms with Gasteiger partial charge in [-0.2, -0.15) is 13.2 Å². The van der Waals surface area contributed by atoms with Gasteiger partial charge < -0.3 is 21.1 Å². The summed E-state index contributed by atoms with van der Waals surface area (Å²) in [5.41, 5.74) is 4.05. The molecule has 1 rings (SSSR count). The van der Waals surface area contributed by atoms with E-state index in [0.29, 0.717) is 0 Å². The van der Waals surface area contributed by atoms with Crippen molar-refractivity contribution in [1.29, 1.82) is 0 Å². The van der Waals surface area contributed by atoms with Crippen molar-refractivity contribution in [3.8, 4) is 0 Å². The lowest BCUT2D eigenvalue weighted by Crippen LogP contribution is -2.21. The number of hydrogen-bond donors (Lipinski definition) is 3. The number of pyridine rings is 1. The first-order valence-corrected chi connectivity index (χ1v) is 5.70. The molecular formula is C11H15F3N4O2. The lowest BCUT2D eigenvalue weighted by Gasteiger charge is -2.12. The van der Waals surface area contributed by atoms with Crippen LogP contribution in [0.15, 0.2) is 12.1 Å². The van der Waals surface area contributed by atoms with Crippen molar-refractivity contribution in [2.45, 2.75) is 6.18 Å². The van der Waals surface area contributed by atoms with Gasteiger partial charge in [-0.15, -0.1) is 0 Å². The van der Waals surface area contributed by atoms with Gasteiger partial charge in [0, 0.05) is 13.6 Å². The van der Waals surface area contributed by atoms with E-state index in [0.717, 1.165) is 12.1 Å². The highest BCUT2D eigenvalue weighted by Crippen LogP contribution is 2.31. The Labute approximate surface area is 113 Å². The van der Waals surface area contributed by atoms with E-state index in [-0.39, 0.29) is 31.4 Å². The van der Waals surface area contributed by atoms with Crippen LogP contribution in [0.25, 0.3) is 0 Å². The van der Waals surface area contributed by atoms with Gasteiger partial charge in [0.2, 0.25) is 5.91 Å². The summed E-state index contributed by atoms with van der Waals surface area (Å²) in [5.74, 6) is -0.452. The zero-order chi connectivity index (χ0) is 15.2. The molecule has 1 amide bonds. The number of carbonyl (C=O) groups excluding carboxylic acids is 1. The average Bonchev–Trinajstić information content (AvgIpc) is 2.36. The Hall–Kier alpha value is -2.03. The molecule has 1 aromatic heterocycles. The van der Waals surface area contributed by atoms with E-state index in [9.17, 15) is 18.0 Å². The molecule has 0 saturated heterocycles. The second-order valence-corrected chi connectivity index (χ2v) is 3.82. The van der Waals surface area contributed by atoms with Crippen LogP contribution in [-0.4, -0.2) is 37.7 Å². The number of nitrogens with zero attached hydrogens (tertiary/aromatic N) is 1. The Kier molecular flexibility index (Phi) is 5.56. The lowest BCUT2D eigenvalue weighted by molar-refractivity contribution is -0.137. The van der Waals surface area contributed by atoms with Crippen LogP contribution >= 0.6 is 0 Å². The van der Waals surface area contributed by atoms with Gasteiger partial charge in [-0.05, 0) is 12.1 Å². The SMILES string of the molecule is CNc1cc(C(F)(F)F)cc(NCCOCC(N)=O)n1. The van der Waals surface area contributed by atoms with Crippen LogP contribution < -0.4 is 16.4 Å². The Morgan fingerprint density at radius 3 is 2.60 bits per heavy atom. The fourth-order valence-electron chi connectivity index (χ4n) is 1.34. The van der Waals surface area contributed by atoms with Crippen LogP contribution in [0.2, 0.25) is 0 Å². The van der Waals surface area contributed by atoms with E-state index >= 15 is 0 Å². The summed E-state index contributed by atoms with van der Waals surface area (Å²) in [5, 5.41) is 5.23. The van der Waals surface area contributed by atoms with Crippen molar-refractivity contribution in [3.05, 3.63) is 17.7 Å². The van der Waals surface area contributed by atoms with Gasteiger partial charge in [0.25, 0.3) is 0 Å². The van der Waals surface area contributed by atoms with Crippen molar-refractivity contribution < 1.29 is 22.7 Å². The standard InChI is InChI=1S/C11H15F3N4O2/c1-16-9-4-7(11(12,13)14)5-10(18-9)17-2-3-20-6-8(15)19/h4-5H,2-3,6H2,1H3,(H2,15,19)(H2,16,17,18). The normalized spacial score (nSPS) is 11.2. The Morgan fingerprint density at radius 2 is 2.05 bits per heavy atom. The summed E-state index contributed by atoms with van der Waals surface area (Å²) >= 11 is 0. The number of nitrogens with two attached hydrogens (primary N) is 1. The zero-order valence-corrected chi connectivity index (χ0v) is 10.8. The highest BCUT2D eigenvalue weighted by molar-refractivity contribution is 5.74. The van der Waals surface area contributed by atoms with E-state index in [1.165, 1.54) is 7.05 Å². The van der Waals surface area contributed by atoms with Crippen LogP contribution in [0.1, 0.15) is 5.56 Å². The molecular weight excluding hydrogens is 277 g/mol. The van der Waals surface area contributed by atoms with E-state index in [1.807, 2.05) is 0 Å². The number of halogens is 3. The molecule has 0 aliphatic rings. The fourth-order valence-corrected chi connectivity index (χ4v) is 1.34. The molecule has 4 N–H and O–H groups in total. The van der Waals surface area contributed by atoms with Gasteiger partial charge in [-0.25, -0.2) is 4.98 Å². The van der Waals surface area contributed by atoms with Crippen LogP contribution in [0.5, 0.6) is 0 Å². The van der Waals surface area contributed by atoms with Crippen molar-refractivity contribution in [2.75, 3.05) is 37.4 Å². The largest absolute Gasteiger partial charge is 0.416 e. The third kappa shape index (κ3) is 5.31. The first-order valence-electron chi connectivity index (χ1n) is 5.70. The molecule has 0 bridgehead atoms. The van der Waals surface area contributed by atoms with Crippen LogP contribution in [0.4, 0.5) is 24.8 Å². The molecule has 0 radical (unpaired) electrons. The average molecular weight is 292 g/mol. The van der Waals surface area contributed by atoms with E-state index in [4.69, 9.17) is 10.5 Å². The molecule has 0 unspecified atom stereocenters. The van der Waals surface area contributed by atoms with E-state index in [1.54, 1.807) is 0 Å². The molecule has 9 heteroatoms. The molecule has 20 heavy (non-hydrogen) atoms. The summed E-state index contributed by atoms with van der Waals surface area (Å²) in [4.78, 5) is 14.3. The predicted molar refractivity (Wildman–Crippen MR) is 67.3 cm³/mol. The van der Waals surface area contributed by atoms with Gasteiger partial charge in [0.05, 0.1) is 12.2 Å². The highest BCUT2D eigenvalue weighted by Gasteiger charge is 2.31. The van der Waals surface area contributed by atoms with Gasteiger partial charge in [0.1, 0.15) is 18.2 Å². The van der Waals surface area contributed by atoms with Gasteiger partial charge >= 0.3 is 6.18 Å². The Balaban J connectivity index is 2.63. The minimum absolute atomic E-state index is 0.0619. The lowest BCUT2D eigenvalue weighted by atomic mass is 10.2. The zero-order valence-electron chi connectivity index (χ0n) is 10.8. The number of alkyl halides is 3. The number of hydrogen-bond acceptors (Lipinski definition) is 5. The van der Waals surface area contributed by atoms with Crippen LogP contribution in [-0.2, 0) is 15.7 Å². The van der Waals surface area contributed by atoms with E-state index < -0.39 is 17.6 Å². The van der Waals surface area contributed by atoms with Crippen LogP contribution in [0.3, 0.4) is 0 Å². The maximum absolute atomic E-state index is 12.7. The van der Waals surface area contributed by atoms with Crippen molar-refractivity contribution in [3.63, 3.8) is 0 Å². The fraction of sp³-hybridized carbons (Fsp3) is 0.455. The number of amides is 1. The van der Waals surface area contributed by atoms with Crippen molar-refractivity contribution in [2.24, 2.45) is 5.73 Å². The highest BCUT2D eigenvalue weighted by atomic mass is 19.4. The second-order valence-electron chi connectivity index (χ2n) is 3.82. The minimum atomic E-state index is -4.45. The number of nitrogens with one attached hydrogen (secondary N) is 2. The Bertz CT molecular complexity index is 465. The summed E-state index contributed by atoms with van der Waals surface area (Å²) in [6.07, 6.45) is -4.45. The van der Waals surface area contributed by atoms with E-state index in [2.05, 4.69) is 15.6 Å². The molecule has 0 atom stereocenters. The molecule has 1 aromatic rings. The molecule has 0 spiro atoms. The molecule has 0 aliphatic carbocycles. The monoisotopic (exact) mass is 292 g/mol. The first-order chi connectivity index (χ1) is 9.32. The quantitative estimate of drug-likeness (QED) is 0.654. The molecule has 0 saturated carbocycles. The molecule has 112 valence electrons.